The molecule has 1 heterocycles. The molecule has 2 atom stereocenters. The van der Waals surface area contributed by atoms with Gasteiger partial charge in [0.25, 0.3) is 5.56 Å². The zero-order valence-corrected chi connectivity index (χ0v) is 25.9. The molecular weight excluding hydrogens is 514 g/mol. The molecule has 6 rings (SSSR count). The van der Waals surface area contributed by atoms with Gasteiger partial charge in [-0.2, -0.15) is 0 Å². The van der Waals surface area contributed by atoms with Crippen LogP contribution in [-0.4, -0.2) is 17.8 Å². The predicted molar refractivity (Wildman–Crippen MR) is 177 cm³/mol. The van der Waals surface area contributed by atoms with E-state index in [0.717, 1.165) is 58.8 Å². The van der Waals surface area contributed by atoms with Gasteiger partial charge in [0, 0.05) is 29.9 Å². The lowest BCUT2D eigenvalue weighted by molar-refractivity contribution is 0.511. The average molecular weight is 558 g/mol. The van der Waals surface area contributed by atoms with E-state index in [2.05, 4.69) is 108 Å². The zero-order chi connectivity index (χ0) is 29.6. The average Bonchev–Trinajstić information content (AvgIpc) is 3.81. The highest BCUT2D eigenvalue weighted by atomic mass is 16.1. The second-order valence-electron chi connectivity index (χ2n) is 12.8. The number of aliphatic imine (C=N–C) groups is 1. The van der Waals surface area contributed by atoms with Crippen LogP contribution < -0.4 is 10.9 Å². The molecule has 0 saturated heterocycles. The molecule has 0 radical (unpaired) electrons. The van der Waals surface area contributed by atoms with Crippen LogP contribution in [-0.2, 0) is 12.0 Å². The summed E-state index contributed by atoms with van der Waals surface area (Å²) in [6.45, 7) is 11.1. The number of aryl methyl sites for hydroxylation is 2. The molecule has 2 unspecified atom stereocenters. The summed E-state index contributed by atoms with van der Waals surface area (Å²) in [4.78, 5) is 18.3. The third kappa shape index (κ3) is 4.96. The van der Waals surface area contributed by atoms with E-state index in [0.29, 0.717) is 17.9 Å². The summed E-state index contributed by atoms with van der Waals surface area (Å²) in [6.07, 6.45) is 8.18. The van der Waals surface area contributed by atoms with Gasteiger partial charge in [-0.15, -0.1) is 0 Å². The number of rotatable bonds is 5. The lowest BCUT2D eigenvalue weighted by Crippen LogP contribution is -2.42. The number of fused-ring (bicyclic) bond motifs is 6. The number of hydrogen-bond acceptors (Lipinski definition) is 3. The molecule has 1 N–H and O–H groups in total. The molecule has 1 saturated carbocycles. The third-order valence-electron chi connectivity index (χ3n) is 9.36. The Bertz CT molecular complexity index is 1770. The lowest BCUT2D eigenvalue weighted by Gasteiger charge is -2.37. The number of pyridine rings is 1. The maximum atomic E-state index is 13.6. The number of benzene rings is 3. The van der Waals surface area contributed by atoms with Crippen LogP contribution in [0.15, 0.2) is 88.3 Å². The minimum atomic E-state index is -0.603. The van der Waals surface area contributed by atoms with E-state index in [-0.39, 0.29) is 5.56 Å². The molecule has 1 fully saturated rings. The van der Waals surface area contributed by atoms with E-state index in [9.17, 15) is 4.79 Å². The number of aromatic nitrogens is 1. The van der Waals surface area contributed by atoms with Gasteiger partial charge in [-0.05, 0) is 115 Å². The summed E-state index contributed by atoms with van der Waals surface area (Å²) in [5.41, 5.74) is 10.1. The van der Waals surface area contributed by atoms with Gasteiger partial charge < -0.3 is 9.88 Å². The van der Waals surface area contributed by atoms with Gasteiger partial charge in [-0.1, -0.05) is 69.3 Å². The fraction of sp³-hybridized carbons (Fsp3) is 0.368. The van der Waals surface area contributed by atoms with Crippen molar-refractivity contribution >= 4 is 17.1 Å². The molecule has 0 amide bonds. The second-order valence-corrected chi connectivity index (χ2v) is 12.8. The first-order chi connectivity index (χ1) is 20.2. The third-order valence-corrected chi connectivity index (χ3v) is 9.36. The van der Waals surface area contributed by atoms with E-state index in [1.54, 1.807) is 0 Å². The van der Waals surface area contributed by atoms with Gasteiger partial charge in [-0.25, -0.2) is 0 Å². The molecule has 1 aromatic heterocycles. The fourth-order valence-electron chi connectivity index (χ4n) is 6.90. The van der Waals surface area contributed by atoms with E-state index in [4.69, 9.17) is 4.99 Å². The van der Waals surface area contributed by atoms with Crippen LogP contribution in [0.25, 0.3) is 22.0 Å². The Morgan fingerprint density at radius 1 is 1.02 bits per heavy atom. The van der Waals surface area contributed by atoms with Crippen LogP contribution in [0.5, 0.6) is 0 Å². The number of nitrogens with one attached hydrogen (secondary N) is 1. The summed E-state index contributed by atoms with van der Waals surface area (Å²) >= 11 is 0. The molecule has 3 aromatic carbocycles. The van der Waals surface area contributed by atoms with E-state index < -0.39 is 5.54 Å². The highest BCUT2D eigenvalue weighted by Gasteiger charge is 2.36. The van der Waals surface area contributed by atoms with Gasteiger partial charge >= 0.3 is 0 Å². The number of likely N-dealkylation sites (N-methyl/N-ethyl adjacent to an activating group) is 1. The van der Waals surface area contributed by atoms with Crippen LogP contribution in [0.3, 0.4) is 0 Å². The quantitative estimate of drug-likeness (QED) is 0.250. The van der Waals surface area contributed by atoms with Crippen molar-refractivity contribution in [1.82, 2.24) is 9.88 Å². The topological polar surface area (TPSA) is 46.4 Å². The first-order valence-electron chi connectivity index (χ1n) is 15.5. The van der Waals surface area contributed by atoms with Crippen LogP contribution in [0.1, 0.15) is 86.7 Å². The molecule has 6 bridgehead atoms. The van der Waals surface area contributed by atoms with Crippen LogP contribution in [0, 0.1) is 12.8 Å². The molecule has 2 aliphatic rings. The van der Waals surface area contributed by atoms with E-state index >= 15 is 0 Å². The molecular formula is C38H43N3O. The molecule has 4 aromatic rings. The highest BCUT2D eigenvalue weighted by Crippen LogP contribution is 2.43. The fourth-order valence-corrected chi connectivity index (χ4v) is 6.90. The lowest BCUT2D eigenvalue weighted by atomic mass is 9.75. The van der Waals surface area contributed by atoms with Crippen molar-refractivity contribution in [3.05, 3.63) is 117 Å². The Kier molecular flexibility index (Phi) is 7.53. The van der Waals surface area contributed by atoms with Crippen LogP contribution in [0.2, 0.25) is 0 Å². The Morgan fingerprint density at radius 3 is 2.52 bits per heavy atom. The number of hydrogen-bond donors (Lipinski definition) is 1. The minimum Gasteiger partial charge on any atom is -0.305 e. The molecule has 0 aliphatic heterocycles. The predicted octanol–water partition coefficient (Wildman–Crippen LogP) is 8.46. The summed E-state index contributed by atoms with van der Waals surface area (Å²) in [5.74, 6) is 0.767. The summed E-state index contributed by atoms with van der Waals surface area (Å²) in [6, 6.07) is 24.7. The molecule has 4 heteroatoms. The second kappa shape index (κ2) is 11.1. The van der Waals surface area contributed by atoms with Crippen molar-refractivity contribution in [2.24, 2.45) is 10.9 Å². The molecule has 0 spiro atoms. The summed E-state index contributed by atoms with van der Waals surface area (Å²) < 4.78 is 2.03. The van der Waals surface area contributed by atoms with Gasteiger partial charge in [-0.3, -0.25) is 9.79 Å². The highest BCUT2D eigenvalue weighted by molar-refractivity contribution is 5.95. The first kappa shape index (κ1) is 28.4. The maximum Gasteiger partial charge on any atom is 0.251 e. The SMILES string of the molecule is CNC1(/C(C)=C/N=CC(C)C)c2ccc(C)c(c2)C(C)CCc2cccc(c2)-c2cc(=O)n(C3CC3)c3ccc1cc23. The Morgan fingerprint density at radius 2 is 1.79 bits per heavy atom. The maximum absolute atomic E-state index is 13.6. The van der Waals surface area contributed by atoms with Gasteiger partial charge in [0.2, 0.25) is 0 Å². The van der Waals surface area contributed by atoms with Gasteiger partial charge in [0.1, 0.15) is 0 Å². The Balaban J connectivity index is 1.72. The van der Waals surface area contributed by atoms with E-state index in [1.807, 2.05) is 23.0 Å². The van der Waals surface area contributed by atoms with Crippen molar-refractivity contribution in [3.63, 3.8) is 0 Å². The Labute approximate surface area is 250 Å². The summed E-state index contributed by atoms with van der Waals surface area (Å²) in [7, 11) is 2.05. The monoisotopic (exact) mass is 557 g/mol. The van der Waals surface area contributed by atoms with Gasteiger partial charge in [0.15, 0.2) is 0 Å². The largest absolute Gasteiger partial charge is 0.305 e. The Hall–Kier alpha value is -3.76. The van der Waals surface area contributed by atoms with E-state index in [1.165, 1.54) is 22.3 Å². The number of nitrogens with zero attached hydrogens (tertiary/aromatic N) is 2. The van der Waals surface area contributed by atoms with Crippen LogP contribution in [0.4, 0.5) is 0 Å². The van der Waals surface area contributed by atoms with Crippen molar-refractivity contribution in [2.45, 2.75) is 77.8 Å². The standard InChI is InChI=1S/C38H43N3O/c1-24(2)22-40-23-27(5)38(39-6)30-13-11-26(4)33(19-30)25(3)10-12-28-8-7-9-29(18-28)34-21-37(42)41(32-15-16-32)36-17-14-31(38)20-35(34)36/h7-9,11,13-14,17-25,32,39H,10,12,15-16H2,1-6H3/b27-23+,40-22?. The molecule has 216 valence electrons. The summed E-state index contributed by atoms with van der Waals surface area (Å²) in [5, 5.41) is 4.89. The molecule has 42 heavy (non-hydrogen) atoms. The normalized spacial score (nSPS) is 20.9. The first-order valence-corrected chi connectivity index (χ1v) is 15.5. The minimum absolute atomic E-state index is 0.0926. The smallest absolute Gasteiger partial charge is 0.251 e. The van der Waals surface area contributed by atoms with Crippen LogP contribution >= 0.6 is 0 Å². The molecule has 2 aliphatic carbocycles. The van der Waals surface area contributed by atoms with Crippen molar-refractivity contribution in [1.29, 1.82) is 0 Å². The van der Waals surface area contributed by atoms with Crippen molar-refractivity contribution in [2.75, 3.05) is 7.05 Å². The van der Waals surface area contributed by atoms with Crippen molar-refractivity contribution in [3.8, 4) is 11.1 Å². The van der Waals surface area contributed by atoms with Crippen molar-refractivity contribution < 1.29 is 0 Å². The molecule has 4 nitrogen and oxygen atoms in total. The van der Waals surface area contributed by atoms with Gasteiger partial charge in [0.05, 0.1) is 11.1 Å². The zero-order valence-electron chi connectivity index (χ0n) is 25.9.